The largest absolute Gasteiger partial charge is 0.349 e. The van der Waals surface area contributed by atoms with E-state index in [-0.39, 0.29) is 17.9 Å². The van der Waals surface area contributed by atoms with E-state index in [1.807, 2.05) is 30.0 Å². The van der Waals surface area contributed by atoms with Gasteiger partial charge in [0, 0.05) is 30.6 Å². The second kappa shape index (κ2) is 9.05. The van der Waals surface area contributed by atoms with Crippen LogP contribution in [0.1, 0.15) is 67.4 Å². The fourth-order valence-electron chi connectivity index (χ4n) is 3.34. The van der Waals surface area contributed by atoms with Crippen molar-refractivity contribution in [3.05, 3.63) is 71.3 Å². The van der Waals surface area contributed by atoms with Crippen molar-refractivity contribution in [1.29, 1.82) is 0 Å². The van der Waals surface area contributed by atoms with E-state index in [9.17, 15) is 9.59 Å². The van der Waals surface area contributed by atoms with Gasteiger partial charge in [-0.3, -0.25) is 9.59 Å². The molecule has 1 N–H and O–H groups in total. The van der Waals surface area contributed by atoms with Crippen LogP contribution in [-0.4, -0.2) is 28.8 Å². The number of carbonyl (C=O) groups excluding carboxylic acids is 2. The maximum atomic E-state index is 12.9. The first-order chi connectivity index (χ1) is 13.4. The Morgan fingerprint density at radius 2 is 1.64 bits per heavy atom. The predicted octanol–water partition coefficient (Wildman–Crippen LogP) is 4.51. The Morgan fingerprint density at radius 3 is 2.21 bits per heavy atom. The lowest BCUT2D eigenvalue weighted by atomic mass is 10.0. The molecule has 0 aromatic heterocycles. The van der Waals surface area contributed by atoms with Gasteiger partial charge in [-0.1, -0.05) is 56.3 Å². The summed E-state index contributed by atoms with van der Waals surface area (Å²) in [6, 6.07) is 17.8. The molecule has 2 aromatic rings. The molecule has 148 valence electrons. The van der Waals surface area contributed by atoms with E-state index in [4.69, 9.17) is 0 Å². The van der Waals surface area contributed by atoms with Gasteiger partial charge in [-0.05, 0) is 48.9 Å². The molecule has 0 radical (unpaired) electrons. The summed E-state index contributed by atoms with van der Waals surface area (Å²) in [5, 5.41) is 2.94. The van der Waals surface area contributed by atoms with Crippen molar-refractivity contribution >= 4 is 11.8 Å². The molecule has 2 aromatic carbocycles. The molecule has 4 nitrogen and oxygen atoms in total. The van der Waals surface area contributed by atoms with Crippen molar-refractivity contribution in [2.45, 2.75) is 64.6 Å². The van der Waals surface area contributed by atoms with Crippen molar-refractivity contribution in [3.63, 3.8) is 0 Å². The van der Waals surface area contributed by atoms with E-state index in [0.717, 1.165) is 18.4 Å². The smallest absolute Gasteiger partial charge is 0.251 e. The van der Waals surface area contributed by atoms with Gasteiger partial charge >= 0.3 is 0 Å². The molecule has 2 amide bonds. The van der Waals surface area contributed by atoms with Crippen molar-refractivity contribution in [1.82, 2.24) is 10.2 Å². The molecule has 1 saturated carbocycles. The molecule has 3 rings (SSSR count). The van der Waals surface area contributed by atoms with E-state index in [2.05, 4.69) is 43.4 Å². The number of rotatable bonds is 8. The second-order valence-electron chi connectivity index (χ2n) is 8.09. The third-order valence-electron chi connectivity index (χ3n) is 5.20. The molecule has 28 heavy (non-hydrogen) atoms. The topological polar surface area (TPSA) is 49.4 Å². The summed E-state index contributed by atoms with van der Waals surface area (Å²) in [7, 11) is 0. The SMILES string of the molecule is CC(CC(=O)N(Cc1ccc(C(C)C)cc1)C1CC1)NC(=O)c1ccccc1. The van der Waals surface area contributed by atoms with Crippen molar-refractivity contribution in [2.75, 3.05) is 0 Å². The average molecular weight is 379 g/mol. The van der Waals surface area contributed by atoms with Crippen molar-refractivity contribution in [3.8, 4) is 0 Å². The highest BCUT2D eigenvalue weighted by Crippen LogP contribution is 2.29. The molecular weight excluding hydrogens is 348 g/mol. The van der Waals surface area contributed by atoms with Gasteiger partial charge in [0.15, 0.2) is 0 Å². The summed E-state index contributed by atoms with van der Waals surface area (Å²) in [6.07, 6.45) is 2.46. The van der Waals surface area contributed by atoms with E-state index < -0.39 is 0 Å². The first kappa shape index (κ1) is 20.1. The molecule has 4 heteroatoms. The van der Waals surface area contributed by atoms with Gasteiger partial charge in [0.05, 0.1) is 0 Å². The Hall–Kier alpha value is -2.62. The lowest BCUT2D eigenvalue weighted by Gasteiger charge is -2.25. The highest BCUT2D eigenvalue weighted by atomic mass is 16.2. The average Bonchev–Trinajstić information content (AvgIpc) is 3.52. The van der Waals surface area contributed by atoms with Gasteiger partial charge in [-0.15, -0.1) is 0 Å². The summed E-state index contributed by atoms with van der Waals surface area (Å²) >= 11 is 0. The number of carbonyl (C=O) groups is 2. The van der Waals surface area contributed by atoms with Crippen molar-refractivity contribution < 1.29 is 9.59 Å². The number of nitrogens with zero attached hydrogens (tertiary/aromatic N) is 1. The minimum Gasteiger partial charge on any atom is -0.349 e. The van der Waals surface area contributed by atoms with Crippen LogP contribution in [0, 0.1) is 0 Å². The zero-order chi connectivity index (χ0) is 20.1. The van der Waals surface area contributed by atoms with E-state index in [1.54, 1.807) is 12.1 Å². The highest BCUT2D eigenvalue weighted by Gasteiger charge is 2.33. The van der Waals surface area contributed by atoms with Gasteiger partial charge in [0.25, 0.3) is 5.91 Å². The van der Waals surface area contributed by atoms with E-state index in [1.165, 1.54) is 5.56 Å². The number of benzene rings is 2. The third kappa shape index (κ3) is 5.44. The minimum atomic E-state index is -0.204. The summed E-state index contributed by atoms with van der Waals surface area (Å²) in [6.45, 7) is 6.89. The van der Waals surface area contributed by atoms with E-state index in [0.29, 0.717) is 30.5 Å². The zero-order valence-electron chi connectivity index (χ0n) is 17.0. The summed E-state index contributed by atoms with van der Waals surface area (Å²) in [5.41, 5.74) is 3.09. The lowest BCUT2D eigenvalue weighted by Crippen LogP contribution is -2.40. The molecule has 0 heterocycles. The molecule has 1 atom stereocenters. The first-order valence-corrected chi connectivity index (χ1v) is 10.2. The summed E-state index contributed by atoms with van der Waals surface area (Å²) in [5.74, 6) is 0.476. The van der Waals surface area contributed by atoms with Crippen LogP contribution in [0.3, 0.4) is 0 Å². The van der Waals surface area contributed by atoms with Gasteiger partial charge < -0.3 is 10.2 Å². The number of amides is 2. The fraction of sp³-hybridized carbons (Fsp3) is 0.417. The van der Waals surface area contributed by atoms with Gasteiger partial charge in [-0.2, -0.15) is 0 Å². The van der Waals surface area contributed by atoms with Crippen molar-refractivity contribution in [2.24, 2.45) is 0 Å². The van der Waals surface area contributed by atoms with Crippen LogP contribution in [0.15, 0.2) is 54.6 Å². The summed E-state index contributed by atoms with van der Waals surface area (Å²) in [4.78, 5) is 27.2. The van der Waals surface area contributed by atoms with Gasteiger partial charge in [0.2, 0.25) is 5.91 Å². The normalized spacial score (nSPS) is 14.6. The molecule has 1 fully saturated rings. The Bertz CT molecular complexity index is 795. The Balaban J connectivity index is 1.57. The van der Waals surface area contributed by atoms with Crippen LogP contribution < -0.4 is 5.32 Å². The molecule has 0 spiro atoms. The van der Waals surface area contributed by atoms with Gasteiger partial charge in [-0.25, -0.2) is 0 Å². The van der Waals surface area contributed by atoms with Crippen LogP contribution in [0.4, 0.5) is 0 Å². The quantitative estimate of drug-likeness (QED) is 0.735. The fourth-order valence-corrected chi connectivity index (χ4v) is 3.34. The summed E-state index contributed by atoms with van der Waals surface area (Å²) < 4.78 is 0. The molecule has 1 aliphatic carbocycles. The molecule has 0 saturated heterocycles. The molecular formula is C24H30N2O2. The zero-order valence-corrected chi connectivity index (χ0v) is 17.0. The number of hydrogen-bond donors (Lipinski definition) is 1. The Kier molecular flexibility index (Phi) is 6.50. The molecule has 1 unspecified atom stereocenters. The Labute approximate surface area is 167 Å². The first-order valence-electron chi connectivity index (χ1n) is 10.2. The maximum Gasteiger partial charge on any atom is 0.251 e. The maximum absolute atomic E-state index is 12.9. The number of nitrogens with one attached hydrogen (secondary N) is 1. The van der Waals surface area contributed by atoms with Crippen LogP contribution in [0.5, 0.6) is 0 Å². The molecule has 1 aliphatic rings. The Morgan fingerprint density at radius 1 is 1.00 bits per heavy atom. The van der Waals surface area contributed by atoms with Crippen LogP contribution in [-0.2, 0) is 11.3 Å². The number of hydrogen-bond acceptors (Lipinski definition) is 2. The van der Waals surface area contributed by atoms with E-state index >= 15 is 0 Å². The third-order valence-corrected chi connectivity index (χ3v) is 5.20. The standard InChI is InChI=1S/C24H30N2O2/c1-17(2)20-11-9-19(10-12-20)16-26(22-13-14-22)23(27)15-18(3)25-24(28)21-7-5-4-6-8-21/h4-12,17-18,22H,13-16H2,1-3H3,(H,25,28). The molecule has 0 aliphatic heterocycles. The van der Waals surface area contributed by atoms with Gasteiger partial charge in [0.1, 0.15) is 0 Å². The second-order valence-corrected chi connectivity index (χ2v) is 8.09. The van der Waals surface area contributed by atoms with Crippen LogP contribution in [0.25, 0.3) is 0 Å². The van der Waals surface area contributed by atoms with Crippen LogP contribution in [0.2, 0.25) is 0 Å². The lowest BCUT2D eigenvalue weighted by molar-refractivity contribution is -0.132. The monoisotopic (exact) mass is 378 g/mol. The highest BCUT2D eigenvalue weighted by molar-refractivity contribution is 5.94. The predicted molar refractivity (Wildman–Crippen MR) is 112 cm³/mol. The molecule has 0 bridgehead atoms. The minimum absolute atomic E-state index is 0.108. The van der Waals surface area contributed by atoms with Crippen LogP contribution >= 0.6 is 0 Å².